The zero-order chi connectivity index (χ0) is 15.2. The molecule has 1 rings (SSSR count). The van der Waals surface area contributed by atoms with Crippen molar-refractivity contribution in [3.8, 4) is 0 Å². The third-order valence-corrected chi connectivity index (χ3v) is 2.84. The number of carbonyl (C=O) groups is 1. The van der Waals surface area contributed by atoms with E-state index in [0.717, 1.165) is 18.4 Å². The molecule has 0 aliphatic heterocycles. The van der Waals surface area contributed by atoms with Gasteiger partial charge in [-0.15, -0.1) is 0 Å². The molecule has 3 heteroatoms. The quantitative estimate of drug-likeness (QED) is 0.583. The van der Waals surface area contributed by atoms with Crippen molar-refractivity contribution in [2.24, 2.45) is 5.73 Å². The van der Waals surface area contributed by atoms with Crippen LogP contribution in [0, 0.1) is 0 Å². The largest absolute Gasteiger partial charge is 0.465 e. The maximum Gasteiger partial charge on any atom is 0.323 e. The molecule has 2 N–H and O–H groups in total. The molecule has 0 spiro atoms. The number of benzene rings is 1. The van der Waals surface area contributed by atoms with Crippen LogP contribution in [0.25, 0.3) is 0 Å². The third-order valence-electron chi connectivity index (χ3n) is 2.84. The number of esters is 1. The SMILES string of the molecule is CC.CCCCCCOC(=O)C(N)Cc1ccccc1. The lowest BCUT2D eigenvalue weighted by molar-refractivity contribution is -0.145. The zero-order valence-electron chi connectivity index (χ0n) is 13.1. The molecule has 0 aliphatic rings. The first-order chi connectivity index (χ1) is 9.74. The van der Waals surface area contributed by atoms with E-state index in [1.54, 1.807) is 0 Å². The van der Waals surface area contributed by atoms with Crippen molar-refractivity contribution in [1.29, 1.82) is 0 Å². The molecule has 0 aliphatic carbocycles. The lowest BCUT2D eigenvalue weighted by atomic mass is 10.1. The Morgan fingerprint density at radius 1 is 1.15 bits per heavy atom. The van der Waals surface area contributed by atoms with E-state index in [1.165, 1.54) is 12.8 Å². The van der Waals surface area contributed by atoms with E-state index in [1.807, 2.05) is 44.2 Å². The van der Waals surface area contributed by atoms with Gasteiger partial charge in [-0.3, -0.25) is 4.79 Å². The van der Waals surface area contributed by atoms with Crippen LogP contribution in [0.5, 0.6) is 0 Å². The van der Waals surface area contributed by atoms with Crippen LogP contribution in [0.3, 0.4) is 0 Å². The first-order valence-corrected chi connectivity index (χ1v) is 7.70. The smallest absolute Gasteiger partial charge is 0.323 e. The minimum atomic E-state index is -0.557. The van der Waals surface area contributed by atoms with Gasteiger partial charge < -0.3 is 10.5 Å². The molecule has 0 fully saturated rings. The Labute approximate surface area is 123 Å². The van der Waals surface area contributed by atoms with Crippen LogP contribution < -0.4 is 5.73 Å². The Bertz CT molecular complexity index is 338. The Hall–Kier alpha value is -1.35. The van der Waals surface area contributed by atoms with Gasteiger partial charge in [0, 0.05) is 0 Å². The van der Waals surface area contributed by atoms with Gasteiger partial charge in [0.05, 0.1) is 6.61 Å². The molecule has 114 valence electrons. The Morgan fingerprint density at radius 2 is 1.80 bits per heavy atom. The van der Waals surface area contributed by atoms with Crippen LogP contribution in [-0.2, 0) is 16.0 Å². The van der Waals surface area contributed by atoms with Gasteiger partial charge in [0.1, 0.15) is 6.04 Å². The lowest BCUT2D eigenvalue weighted by Crippen LogP contribution is -2.34. The van der Waals surface area contributed by atoms with Crippen molar-refractivity contribution < 1.29 is 9.53 Å². The van der Waals surface area contributed by atoms with E-state index in [4.69, 9.17) is 10.5 Å². The number of hydrogen-bond acceptors (Lipinski definition) is 3. The second-order valence-corrected chi connectivity index (χ2v) is 4.52. The normalized spacial score (nSPS) is 11.2. The van der Waals surface area contributed by atoms with Crippen LogP contribution in [0.1, 0.15) is 52.0 Å². The van der Waals surface area contributed by atoms with Gasteiger partial charge in [-0.1, -0.05) is 70.4 Å². The standard InChI is InChI=1S/C15H23NO2.C2H6/c1-2-3-4-8-11-18-15(17)14(16)12-13-9-6-5-7-10-13;1-2/h5-7,9-10,14H,2-4,8,11-12,16H2,1H3;1-2H3. The van der Waals surface area contributed by atoms with E-state index >= 15 is 0 Å². The van der Waals surface area contributed by atoms with E-state index in [-0.39, 0.29) is 5.97 Å². The predicted octanol–water partition coefficient (Wildman–Crippen LogP) is 3.71. The summed E-state index contributed by atoms with van der Waals surface area (Å²) >= 11 is 0. The second-order valence-electron chi connectivity index (χ2n) is 4.52. The van der Waals surface area contributed by atoms with Gasteiger partial charge in [-0.25, -0.2) is 0 Å². The van der Waals surface area contributed by atoms with Gasteiger partial charge in [0.2, 0.25) is 0 Å². The fourth-order valence-electron chi connectivity index (χ4n) is 1.76. The summed E-state index contributed by atoms with van der Waals surface area (Å²) in [7, 11) is 0. The van der Waals surface area contributed by atoms with E-state index < -0.39 is 6.04 Å². The summed E-state index contributed by atoms with van der Waals surface area (Å²) in [5.74, 6) is -0.296. The predicted molar refractivity (Wildman–Crippen MR) is 84.6 cm³/mol. The minimum Gasteiger partial charge on any atom is -0.465 e. The van der Waals surface area contributed by atoms with Gasteiger partial charge in [-0.2, -0.15) is 0 Å². The average Bonchev–Trinajstić information content (AvgIpc) is 2.50. The number of rotatable bonds is 8. The molecule has 0 aromatic heterocycles. The van der Waals surface area contributed by atoms with Crippen LogP contribution in [0.2, 0.25) is 0 Å². The topological polar surface area (TPSA) is 52.3 Å². The molecule has 0 radical (unpaired) electrons. The molecular formula is C17H29NO2. The van der Waals surface area contributed by atoms with Crippen molar-refractivity contribution in [2.75, 3.05) is 6.61 Å². The zero-order valence-corrected chi connectivity index (χ0v) is 13.1. The van der Waals surface area contributed by atoms with Crippen molar-refractivity contribution in [3.05, 3.63) is 35.9 Å². The molecule has 0 saturated heterocycles. The summed E-state index contributed by atoms with van der Waals surface area (Å²) in [6, 6.07) is 9.21. The van der Waals surface area contributed by atoms with Crippen molar-refractivity contribution in [2.45, 2.75) is 58.9 Å². The van der Waals surface area contributed by atoms with Gasteiger partial charge >= 0.3 is 5.97 Å². The Balaban J connectivity index is 0.00000172. The molecule has 1 atom stereocenters. The molecular weight excluding hydrogens is 250 g/mol. The molecule has 1 aromatic rings. The Morgan fingerprint density at radius 3 is 2.40 bits per heavy atom. The number of unbranched alkanes of at least 4 members (excludes halogenated alkanes) is 3. The highest BCUT2D eigenvalue weighted by Crippen LogP contribution is 2.04. The molecule has 1 aromatic carbocycles. The number of ether oxygens (including phenoxy) is 1. The lowest BCUT2D eigenvalue weighted by Gasteiger charge is -2.11. The first kappa shape index (κ1) is 18.7. The first-order valence-electron chi connectivity index (χ1n) is 7.70. The van der Waals surface area contributed by atoms with Crippen molar-refractivity contribution >= 4 is 5.97 Å². The maximum atomic E-state index is 11.6. The van der Waals surface area contributed by atoms with Gasteiger partial charge in [-0.05, 0) is 18.4 Å². The van der Waals surface area contributed by atoms with Gasteiger partial charge in [0.25, 0.3) is 0 Å². The highest BCUT2D eigenvalue weighted by atomic mass is 16.5. The molecule has 0 saturated carbocycles. The molecule has 1 unspecified atom stereocenters. The fourth-order valence-corrected chi connectivity index (χ4v) is 1.76. The molecule has 0 heterocycles. The van der Waals surface area contributed by atoms with Crippen LogP contribution in [-0.4, -0.2) is 18.6 Å². The van der Waals surface area contributed by atoms with Gasteiger partial charge in [0.15, 0.2) is 0 Å². The van der Waals surface area contributed by atoms with E-state index in [0.29, 0.717) is 13.0 Å². The highest BCUT2D eigenvalue weighted by molar-refractivity contribution is 5.75. The van der Waals surface area contributed by atoms with Crippen molar-refractivity contribution in [3.63, 3.8) is 0 Å². The number of hydrogen-bond donors (Lipinski definition) is 1. The van der Waals surface area contributed by atoms with Crippen LogP contribution in [0.4, 0.5) is 0 Å². The summed E-state index contributed by atoms with van der Waals surface area (Å²) in [6.45, 7) is 6.64. The Kier molecular flexibility index (Phi) is 11.8. The molecule has 0 bridgehead atoms. The van der Waals surface area contributed by atoms with Crippen LogP contribution in [0.15, 0.2) is 30.3 Å². The highest BCUT2D eigenvalue weighted by Gasteiger charge is 2.15. The maximum absolute atomic E-state index is 11.6. The van der Waals surface area contributed by atoms with Crippen LogP contribution >= 0.6 is 0 Å². The monoisotopic (exact) mass is 279 g/mol. The second kappa shape index (κ2) is 12.7. The summed E-state index contributed by atoms with van der Waals surface area (Å²) in [6.07, 6.45) is 4.94. The molecule has 20 heavy (non-hydrogen) atoms. The minimum absolute atomic E-state index is 0.296. The average molecular weight is 279 g/mol. The summed E-state index contributed by atoms with van der Waals surface area (Å²) in [5, 5.41) is 0. The third kappa shape index (κ3) is 8.70. The number of carbonyl (C=O) groups excluding carboxylic acids is 1. The molecule has 0 amide bonds. The number of nitrogens with two attached hydrogens (primary N) is 1. The van der Waals surface area contributed by atoms with Crippen molar-refractivity contribution in [1.82, 2.24) is 0 Å². The summed E-state index contributed by atoms with van der Waals surface area (Å²) < 4.78 is 5.16. The van der Waals surface area contributed by atoms with E-state index in [9.17, 15) is 4.79 Å². The fraction of sp³-hybridized carbons (Fsp3) is 0.588. The summed E-state index contributed by atoms with van der Waals surface area (Å²) in [4.78, 5) is 11.6. The van der Waals surface area contributed by atoms with E-state index in [2.05, 4.69) is 6.92 Å². The molecule has 3 nitrogen and oxygen atoms in total. The summed E-state index contributed by atoms with van der Waals surface area (Å²) in [5.41, 5.74) is 6.88.